The summed E-state index contributed by atoms with van der Waals surface area (Å²) in [6.07, 6.45) is 5.74. The molecule has 0 radical (unpaired) electrons. The fourth-order valence-electron chi connectivity index (χ4n) is 3.12. The Morgan fingerprint density at radius 1 is 1.16 bits per heavy atom. The van der Waals surface area contributed by atoms with Gasteiger partial charge in [0.25, 0.3) is 0 Å². The first-order valence-corrected chi connectivity index (χ1v) is 7.00. The largest absolute Gasteiger partial charge is 0.387 e. The van der Waals surface area contributed by atoms with Crippen molar-refractivity contribution in [3.05, 3.63) is 34.8 Å². The third-order valence-electron chi connectivity index (χ3n) is 4.02. The molecule has 19 heavy (non-hydrogen) atoms. The second kappa shape index (κ2) is 4.80. The number of aromatic nitrogens is 1. The van der Waals surface area contributed by atoms with Gasteiger partial charge in [0.2, 0.25) is 0 Å². The Bertz CT molecular complexity index is 634. The van der Waals surface area contributed by atoms with E-state index in [1.165, 1.54) is 30.5 Å². The van der Waals surface area contributed by atoms with Crippen LogP contribution in [0, 0.1) is 12.7 Å². The lowest BCUT2D eigenvalue weighted by Gasteiger charge is -2.16. The zero-order valence-corrected chi connectivity index (χ0v) is 11.5. The van der Waals surface area contributed by atoms with Crippen molar-refractivity contribution < 1.29 is 4.39 Å². The number of aryl methyl sites for hydroxylation is 2. The minimum atomic E-state index is -0.183. The number of rotatable bonds is 1. The molecule has 3 heteroatoms. The van der Waals surface area contributed by atoms with E-state index in [2.05, 4.69) is 5.32 Å². The molecule has 0 atom stereocenters. The molecule has 1 aromatic heterocycles. The second-order valence-electron chi connectivity index (χ2n) is 5.34. The van der Waals surface area contributed by atoms with E-state index < -0.39 is 0 Å². The van der Waals surface area contributed by atoms with Crippen molar-refractivity contribution in [3.8, 4) is 0 Å². The second-order valence-corrected chi connectivity index (χ2v) is 5.34. The van der Waals surface area contributed by atoms with Gasteiger partial charge in [-0.05, 0) is 55.9 Å². The van der Waals surface area contributed by atoms with Crippen LogP contribution in [0.25, 0.3) is 10.9 Å². The van der Waals surface area contributed by atoms with E-state index >= 15 is 0 Å². The predicted octanol–water partition coefficient (Wildman–Crippen LogP) is 3.99. The predicted molar refractivity (Wildman–Crippen MR) is 77.2 cm³/mol. The van der Waals surface area contributed by atoms with Crippen LogP contribution in [0.5, 0.6) is 0 Å². The number of hydrogen-bond acceptors (Lipinski definition) is 2. The zero-order valence-electron chi connectivity index (χ0n) is 11.5. The molecule has 2 nitrogen and oxygen atoms in total. The highest BCUT2D eigenvalue weighted by molar-refractivity contribution is 5.95. The van der Waals surface area contributed by atoms with Crippen molar-refractivity contribution >= 4 is 16.6 Å². The fourth-order valence-corrected chi connectivity index (χ4v) is 3.12. The molecule has 100 valence electrons. The minimum Gasteiger partial charge on any atom is -0.387 e. The van der Waals surface area contributed by atoms with Crippen LogP contribution in [-0.4, -0.2) is 12.0 Å². The maximum absolute atomic E-state index is 13.7. The van der Waals surface area contributed by atoms with Crippen LogP contribution < -0.4 is 5.32 Å². The Labute approximate surface area is 113 Å². The van der Waals surface area contributed by atoms with Crippen LogP contribution in [0.3, 0.4) is 0 Å². The Morgan fingerprint density at radius 2 is 1.95 bits per heavy atom. The molecule has 0 spiro atoms. The molecule has 0 fully saturated rings. The fraction of sp³-hybridized carbons (Fsp3) is 0.438. The highest BCUT2D eigenvalue weighted by atomic mass is 19.1. The van der Waals surface area contributed by atoms with E-state index in [4.69, 9.17) is 4.98 Å². The molecule has 0 amide bonds. The maximum atomic E-state index is 13.7. The average molecular weight is 258 g/mol. The number of hydrogen-bond donors (Lipinski definition) is 1. The van der Waals surface area contributed by atoms with E-state index in [9.17, 15) is 4.39 Å². The lowest BCUT2D eigenvalue weighted by molar-refractivity contribution is 0.628. The van der Waals surface area contributed by atoms with Gasteiger partial charge >= 0.3 is 0 Å². The number of nitrogens with one attached hydrogen (secondary N) is 1. The van der Waals surface area contributed by atoms with Gasteiger partial charge < -0.3 is 5.32 Å². The lowest BCUT2D eigenvalue weighted by Crippen LogP contribution is -2.04. The molecule has 1 aliphatic rings. The molecule has 1 aromatic carbocycles. The van der Waals surface area contributed by atoms with E-state index in [1.54, 1.807) is 12.1 Å². The van der Waals surface area contributed by atoms with E-state index in [-0.39, 0.29) is 5.82 Å². The summed E-state index contributed by atoms with van der Waals surface area (Å²) in [5.74, 6) is -0.183. The Kier molecular flexibility index (Phi) is 3.13. The third-order valence-corrected chi connectivity index (χ3v) is 4.02. The highest BCUT2D eigenvalue weighted by Gasteiger charge is 2.17. The topological polar surface area (TPSA) is 24.9 Å². The third kappa shape index (κ3) is 2.07. The summed E-state index contributed by atoms with van der Waals surface area (Å²) in [6.45, 7) is 1.93. The maximum Gasteiger partial charge on any atom is 0.124 e. The molecule has 2 aromatic rings. The van der Waals surface area contributed by atoms with Crippen LogP contribution in [0.2, 0.25) is 0 Å². The smallest absolute Gasteiger partial charge is 0.124 e. The van der Waals surface area contributed by atoms with E-state index in [1.807, 2.05) is 14.0 Å². The number of anilines is 1. The SMILES string of the molecule is CNc1c2c(nc3c(C)cc(F)cc13)CCCCC2. The Morgan fingerprint density at radius 3 is 2.74 bits per heavy atom. The summed E-state index contributed by atoms with van der Waals surface area (Å²) >= 11 is 0. The lowest BCUT2D eigenvalue weighted by atomic mass is 10.00. The van der Waals surface area contributed by atoms with Crippen molar-refractivity contribution in [3.63, 3.8) is 0 Å². The molecule has 0 unspecified atom stereocenters. The van der Waals surface area contributed by atoms with Crippen molar-refractivity contribution in [2.75, 3.05) is 12.4 Å². The van der Waals surface area contributed by atoms with Crippen LogP contribution in [0.1, 0.15) is 36.1 Å². The van der Waals surface area contributed by atoms with Gasteiger partial charge in [-0.15, -0.1) is 0 Å². The van der Waals surface area contributed by atoms with Gasteiger partial charge in [0.05, 0.1) is 5.52 Å². The first-order valence-electron chi connectivity index (χ1n) is 7.00. The number of pyridine rings is 1. The highest BCUT2D eigenvalue weighted by Crippen LogP contribution is 2.34. The molecule has 1 N–H and O–H groups in total. The first kappa shape index (κ1) is 12.4. The average Bonchev–Trinajstić information content (AvgIpc) is 2.61. The van der Waals surface area contributed by atoms with Crippen LogP contribution >= 0.6 is 0 Å². The van der Waals surface area contributed by atoms with Crippen molar-refractivity contribution in [1.29, 1.82) is 0 Å². The quantitative estimate of drug-likeness (QED) is 0.782. The van der Waals surface area contributed by atoms with Gasteiger partial charge in [-0.1, -0.05) is 6.42 Å². The van der Waals surface area contributed by atoms with E-state index in [0.717, 1.165) is 35.0 Å². The summed E-state index contributed by atoms with van der Waals surface area (Å²) in [6, 6.07) is 3.17. The van der Waals surface area contributed by atoms with Crippen LogP contribution in [0.15, 0.2) is 12.1 Å². The van der Waals surface area contributed by atoms with Crippen LogP contribution in [-0.2, 0) is 12.8 Å². The standard InChI is InChI=1S/C16H19FN2/c1-10-8-11(17)9-13-15(10)19-14-7-5-3-4-6-12(14)16(13)18-2/h8-9H,3-7H2,1-2H3,(H,18,19). The van der Waals surface area contributed by atoms with Gasteiger partial charge in [0.15, 0.2) is 0 Å². The minimum absolute atomic E-state index is 0.183. The van der Waals surface area contributed by atoms with Crippen molar-refractivity contribution in [2.24, 2.45) is 0 Å². The van der Waals surface area contributed by atoms with Gasteiger partial charge in [0.1, 0.15) is 5.82 Å². The summed E-state index contributed by atoms with van der Waals surface area (Å²) in [4.78, 5) is 4.82. The van der Waals surface area contributed by atoms with Gasteiger partial charge in [-0.2, -0.15) is 0 Å². The van der Waals surface area contributed by atoms with Crippen molar-refractivity contribution in [2.45, 2.75) is 39.0 Å². The molecule has 0 bridgehead atoms. The summed E-state index contributed by atoms with van der Waals surface area (Å²) in [7, 11) is 1.92. The summed E-state index contributed by atoms with van der Waals surface area (Å²) < 4.78 is 13.7. The number of benzene rings is 1. The molecule has 0 aliphatic heterocycles. The van der Waals surface area contributed by atoms with Gasteiger partial charge in [-0.25, -0.2) is 4.39 Å². The molecular formula is C16H19FN2. The summed E-state index contributed by atoms with van der Waals surface area (Å²) in [5, 5.41) is 4.19. The molecule has 3 rings (SSSR count). The Hall–Kier alpha value is -1.64. The van der Waals surface area contributed by atoms with Crippen LogP contribution in [0.4, 0.5) is 10.1 Å². The molecule has 0 saturated heterocycles. The Balaban J connectivity index is 2.36. The zero-order chi connectivity index (χ0) is 13.4. The van der Waals surface area contributed by atoms with E-state index in [0.29, 0.717) is 0 Å². The monoisotopic (exact) mass is 258 g/mol. The molecule has 1 heterocycles. The normalized spacial score (nSPS) is 15.1. The molecular weight excluding hydrogens is 239 g/mol. The first-order chi connectivity index (χ1) is 9.20. The summed E-state index contributed by atoms with van der Waals surface area (Å²) in [5.41, 5.74) is 5.41. The number of halogens is 1. The molecule has 0 saturated carbocycles. The van der Waals surface area contributed by atoms with Gasteiger partial charge in [-0.3, -0.25) is 4.98 Å². The number of nitrogens with zero attached hydrogens (tertiary/aromatic N) is 1. The molecule has 1 aliphatic carbocycles. The van der Waals surface area contributed by atoms with Crippen molar-refractivity contribution in [1.82, 2.24) is 4.98 Å². The van der Waals surface area contributed by atoms with Gasteiger partial charge in [0, 0.05) is 23.8 Å². The number of fused-ring (bicyclic) bond motifs is 2.